The van der Waals surface area contributed by atoms with Crippen LogP contribution in [0.25, 0.3) is 11.1 Å². The predicted octanol–water partition coefficient (Wildman–Crippen LogP) is 2.80. The van der Waals surface area contributed by atoms with Crippen molar-refractivity contribution in [2.24, 2.45) is 0 Å². The lowest BCUT2D eigenvalue weighted by molar-refractivity contribution is -0.297. The summed E-state index contributed by atoms with van der Waals surface area (Å²) in [5, 5.41) is 13.8. The van der Waals surface area contributed by atoms with Crippen LogP contribution in [0.5, 0.6) is 0 Å². The molecule has 136 valence electrons. The summed E-state index contributed by atoms with van der Waals surface area (Å²) in [5.74, 6) is -2.76. The number of benzene rings is 1. The summed E-state index contributed by atoms with van der Waals surface area (Å²) >= 11 is 7.11. The normalized spacial score (nSPS) is 10.7. The Labute approximate surface area is 159 Å². The standard InChI is InChI=1S/C18H16ClNO5S/c1-3-25-18(24)16-15(11-4-6-12(19)7-5-11)10(2)26-17(16)20-13(21)8-9-14(22)23/h4-9H,3H2,1-2H3,(H,20,21)(H,22,23)/p-1/b9-8+. The zero-order chi connectivity index (χ0) is 19.3. The molecule has 0 saturated heterocycles. The van der Waals surface area contributed by atoms with Crippen molar-refractivity contribution < 1.29 is 24.2 Å². The maximum absolute atomic E-state index is 12.5. The fraction of sp³-hybridized carbons (Fsp3) is 0.167. The van der Waals surface area contributed by atoms with Crippen LogP contribution in [-0.4, -0.2) is 24.5 Å². The number of hydrogen-bond donors (Lipinski definition) is 1. The lowest BCUT2D eigenvalue weighted by Crippen LogP contribution is -2.20. The molecule has 2 rings (SSSR count). The number of ether oxygens (including phenoxy) is 1. The molecule has 1 aromatic heterocycles. The molecule has 0 bridgehead atoms. The summed E-state index contributed by atoms with van der Waals surface area (Å²) in [6.45, 7) is 3.66. The topological polar surface area (TPSA) is 95.5 Å². The molecule has 26 heavy (non-hydrogen) atoms. The van der Waals surface area contributed by atoms with Crippen molar-refractivity contribution in [3.05, 3.63) is 51.9 Å². The molecule has 0 saturated carbocycles. The maximum Gasteiger partial charge on any atom is 0.341 e. The van der Waals surface area contributed by atoms with Gasteiger partial charge in [0, 0.05) is 21.5 Å². The zero-order valence-corrected chi connectivity index (χ0v) is 15.6. The molecule has 2 aromatic rings. The minimum atomic E-state index is -1.49. The molecule has 0 spiro atoms. The van der Waals surface area contributed by atoms with Gasteiger partial charge >= 0.3 is 5.97 Å². The molecule has 1 N–H and O–H groups in total. The van der Waals surface area contributed by atoms with E-state index in [1.54, 1.807) is 31.2 Å². The Morgan fingerprint density at radius 3 is 2.46 bits per heavy atom. The van der Waals surface area contributed by atoms with Gasteiger partial charge in [0.05, 0.1) is 12.6 Å². The molecule has 1 aromatic carbocycles. The highest BCUT2D eigenvalue weighted by atomic mass is 35.5. The minimum Gasteiger partial charge on any atom is -0.545 e. The molecule has 0 aliphatic rings. The fourth-order valence-electron chi connectivity index (χ4n) is 2.29. The first kappa shape index (κ1) is 19.7. The fourth-order valence-corrected chi connectivity index (χ4v) is 3.49. The first-order valence-corrected chi connectivity index (χ1v) is 8.79. The second-order valence-corrected chi connectivity index (χ2v) is 6.77. The van der Waals surface area contributed by atoms with Crippen molar-refractivity contribution >= 4 is 45.8 Å². The van der Waals surface area contributed by atoms with Crippen LogP contribution in [0.1, 0.15) is 22.2 Å². The Kier molecular flexibility index (Phi) is 6.54. The summed E-state index contributed by atoms with van der Waals surface area (Å²) in [5.41, 5.74) is 1.59. The smallest absolute Gasteiger partial charge is 0.341 e. The summed E-state index contributed by atoms with van der Waals surface area (Å²) in [7, 11) is 0. The largest absolute Gasteiger partial charge is 0.545 e. The van der Waals surface area contributed by atoms with Gasteiger partial charge in [-0.05, 0) is 37.6 Å². The van der Waals surface area contributed by atoms with Gasteiger partial charge in [-0.15, -0.1) is 11.3 Å². The van der Waals surface area contributed by atoms with Crippen LogP contribution in [0.15, 0.2) is 36.4 Å². The van der Waals surface area contributed by atoms with Crippen LogP contribution < -0.4 is 10.4 Å². The highest BCUT2D eigenvalue weighted by molar-refractivity contribution is 7.17. The van der Waals surface area contributed by atoms with Gasteiger partial charge in [0.15, 0.2) is 0 Å². The molecule has 0 aliphatic carbocycles. The van der Waals surface area contributed by atoms with Gasteiger partial charge in [-0.2, -0.15) is 0 Å². The van der Waals surface area contributed by atoms with E-state index in [2.05, 4.69) is 5.32 Å². The minimum absolute atomic E-state index is 0.172. The maximum atomic E-state index is 12.5. The van der Waals surface area contributed by atoms with E-state index in [4.69, 9.17) is 16.3 Å². The predicted molar refractivity (Wildman–Crippen MR) is 98.2 cm³/mol. The third kappa shape index (κ3) is 4.71. The summed E-state index contributed by atoms with van der Waals surface area (Å²) in [6, 6.07) is 6.93. The molecule has 6 nitrogen and oxygen atoms in total. The van der Waals surface area contributed by atoms with Gasteiger partial charge in [0.1, 0.15) is 10.6 Å². The summed E-state index contributed by atoms with van der Waals surface area (Å²) in [6.07, 6.45) is 1.43. The summed E-state index contributed by atoms with van der Waals surface area (Å²) < 4.78 is 5.12. The number of esters is 1. The van der Waals surface area contributed by atoms with E-state index < -0.39 is 17.8 Å². The number of nitrogens with one attached hydrogen (secondary N) is 1. The number of rotatable bonds is 6. The van der Waals surface area contributed by atoms with E-state index in [1.807, 2.05) is 6.92 Å². The number of carboxylic acids is 1. The van der Waals surface area contributed by atoms with Crippen LogP contribution in [0.4, 0.5) is 5.00 Å². The first-order chi connectivity index (χ1) is 12.3. The van der Waals surface area contributed by atoms with Gasteiger partial charge in [-0.25, -0.2) is 4.79 Å². The quantitative estimate of drug-likeness (QED) is 0.602. The second kappa shape index (κ2) is 8.64. The van der Waals surface area contributed by atoms with Gasteiger partial charge in [-0.3, -0.25) is 4.79 Å². The van der Waals surface area contributed by atoms with Crippen molar-refractivity contribution in [2.45, 2.75) is 13.8 Å². The number of carboxylic acid groups (broad SMARTS) is 1. The molecule has 0 fully saturated rings. The van der Waals surface area contributed by atoms with Crippen molar-refractivity contribution in [3.8, 4) is 11.1 Å². The van der Waals surface area contributed by atoms with Crippen molar-refractivity contribution in [1.29, 1.82) is 0 Å². The number of aliphatic carboxylic acids is 1. The van der Waals surface area contributed by atoms with Gasteiger partial charge in [0.2, 0.25) is 5.91 Å². The number of anilines is 1. The molecular formula is C18H15ClNO5S-. The van der Waals surface area contributed by atoms with Crippen LogP contribution in [-0.2, 0) is 14.3 Å². The van der Waals surface area contributed by atoms with Gasteiger partial charge in [-0.1, -0.05) is 23.7 Å². The number of aryl methyl sites for hydroxylation is 1. The lowest BCUT2D eigenvalue weighted by Gasteiger charge is -2.08. The lowest BCUT2D eigenvalue weighted by atomic mass is 10.0. The second-order valence-electron chi connectivity index (χ2n) is 5.11. The number of carbonyl (C=O) groups is 3. The van der Waals surface area contributed by atoms with E-state index in [-0.39, 0.29) is 17.2 Å². The van der Waals surface area contributed by atoms with Crippen molar-refractivity contribution in [2.75, 3.05) is 11.9 Å². The van der Waals surface area contributed by atoms with Crippen LogP contribution in [0.3, 0.4) is 0 Å². The van der Waals surface area contributed by atoms with E-state index in [9.17, 15) is 19.5 Å². The van der Waals surface area contributed by atoms with Crippen molar-refractivity contribution in [3.63, 3.8) is 0 Å². The van der Waals surface area contributed by atoms with Crippen LogP contribution >= 0.6 is 22.9 Å². The molecule has 1 heterocycles. The SMILES string of the molecule is CCOC(=O)c1c(NC(=O)/C=C/C(=O)[O-])sc(C)c1-c1ccc(Cl)cc1. The number of amides is 1. The Bertz CT molecular complexity index is 870. The highest BCUT2D eigenvalue weighted by Crippen LogP contribution is 2.40. The Balaban J connectivity index is 2.50. The van der Waals surface area contributed by atoms with E-state index in [0.29, 0.717) is 16.7 Å². The van der Waals surface area contributed by atoms with Crippen LogP contribution in [0, 0.1) is 6.92 Å². The highest BCUT2D eigenvalue weighted by Gasteiger charge is 2.25. The Hall–Kier alpha value is -2.64. The van der Waals surface area contributed by atoms with Crippen LogP contribution in [0.2, 0.25) is 5.02 Å². The monoisotopic (exact) mass is 392 g/mol. The molecule has 0 unspecified atom stereocenters. The number of hydrogen-bond acceptors (Lipinski definition) is 6. The van der Waals surface area contributed by atoms with E-state index in [1.165, 1.54) is 11.3 Å². The zero-order valence-electron chi connectivity index (χ0n) is 14.0. The summed E-state index contributed by atoms with van der Waals surface area (Å²) in [4.78, 5) is 35.6. The number of thiophene rings is 1. The first-order valence-electron chi connectivity index (χ1n) is 7.60. The Morgan fingerprint density at radius 2 is 1.88 bits per heavy atom. The molecule has 0 aliphatic heterocycles. The molecular weight excluding hydrogens is 378 g/mol. The molecule has 0 radical (unpaired) electrons. The van der Waals surface area contributed by atoms with E-state index in [0.717, 1.165) is 16.5 Å². The average molecular weight is 393 g/mol. The van der Waals surface area contributed by atoms with Crippen molar-refractivity contribution in [1.82, 2.24) is 0 Å². The number of carbonyl (C=O) groups excluding carboxylic acids is 3. The number of halogens is 1. The molecule has 8 heteroatoms. The molecule has 1 amide bonds. The Morgan fingerprint density at radius 1 is 1.23 bits per heavy atom. The third-order valence-electron chi connectivity index (χ3n) is 3.30. The third-order valence-corrected chi connectivity index (χ3v) is 4.58. The van der Waals surface area contributed by atoms with Gasteiger partial charge < -0.3 is 20.0 Å². The van der Waals surface area contributed by atoms with E-state index >= 15 is 0 Å². The van der Waals surface area contributed by atoms with Gasteiger partial charge in [0.25, 0.3) is 0 Å². The average Bonchev–Trinajstić information content (AvgIpc) is 2.90. The molecule has 0 atom stereocenters.